The minimum Gasteiger partial charge on any atom is -0.406 e. The van der Waals surface area contributed by atoms with E-state index in [1.54, 1.807) is 0 Å². The number of benzene rings is 2. The van der Waals surface area contributed by atoms with Crippen LogP contribution in [-0.4, -0.2) is 47.6 Å². The van der Waals surface area contributed by atoms with Crippen LogP contribution in [-0.2, 0) is 4.79 Å². The molecule has 0 aromatic heterocycles. The van der Waals surface area contributed by atoms with E-state index in [-0.39, 0.29) is 17.7 Å². The molecule has 2 aromatic rings. The van der Waals surface area contributed by atoms with Gasteiger partial charge in [-0.05, 0) is 68.5 Å². The average Bonchev–Trinajstić information content (AvgIpc) is 3.27. The Hall–Kier alpha value is -3.49. The molecule has 3 unspecified atom stereocenters. The number of amides is 1. The van der Waals surface area contributed by atoms with Gasteiger partial charge in [0.25, 0.3) is 0 Å². The Bertz CT molecular complexity index is 1150. The molecule has 2 aliphatic heterocycles. The second-order valence-corrected chi connectivity index (χ2v) is 10.2. The summed E-state index contributed by atoms with van der Waals surface area (Å²) in [4.78, 5) is 13.0. The van der Waals surface area contributed by atoms with Crippen molar-refractivity contribution < 1.29 is 22.7 Å². The molecule has 8 nitrogen and oxygen atoms in total. The molecule has 1 aliphatic carbocycles. The Morgan fingerprint density at radius 3 is 2.37 bits per heavy atom. The number of para-hydroxylation sites is 1. The van der Waals surface area contributed by atoms with Crippen molar-refractivity contribution in [3.05, 3.63) is 54.6 Å². The predicted molar refractivity (Wildman–Crippen MR) is 136 cm³/mol. The Morgan fingerprint density at radius 1 is 1.03 bits per heavy atom. The summed E-state index contributed by atoms with van der Waals surface area (Å²) in [5, 5.41) is 21.8. The number of nitrogens with one attached hydrogen (secondary N) is 4. The second-order valence-electron chi connectivity index (χ2n) is 10.2. The van der Waals surface area contributed by atoms with Crippen molar-refractivity contribution in [2.45, 2.75) is 68.7 Å². The lowest BCUT2D eigenvalue weighted by Crippen LogP contribution is -2.60. The summed E-state index contributed by atoms with van der Waals surface area (Å²) in [5.74, 6) is -0.825. The number of piperidine rings is 1. The zero-order chi connectivity index (χ0) is 26.8. The maximum atomic E-state index is 13.0. The summed E-state index contributed by atoms with van der Waals surface area (Å²) >= 11 is 0. The van der Waals surface area contributed by atoms with E-state index >= 15 is 0 Å². The lowest BCUT2D eigenvalue weighted by molar-refractivity contribution is -0.274. The molecule has 0 bridgehead atoms. The van der Waals surface area contributed by atoms with Crippen LogP contribution in [0.5, 0.6) is 5.75 Å². The largest absolute Gasteiger partial charge is 0.573 e. The monoisotopic (exact) mass is 528 g/mol. The molecule has 5 rings (SSSR count). The molecule has 1 saturated carbocycles. The highest BCUT2D eigenvalue weighted by molar-refractivity contribution is 5.82. The van der Waals surface area contributed by atoms with Gasteiger partial charge in [-0.1, -0.05) is 18.2 Å². The lowest BCUT2D eigenvalue weighted by atomic mass is 9.75. The van der Waals surface area contributed by atoms with Gasteiger partial charge in [0, 0.05) is 35.5 Å². The van der Waals surface area contributed by atoms with Gasteiger partial charge in [0.2, 0.25) is 5.91 Å². The molecule has 3 aliphatic rings. The number of nitrogens with zero attached hydrogens (tertiary/aromatic N) is 2. The number of ether oxygens (including phenoxy) is 1. The van der Waals surface area contributed by atoms with Gasteiger partial charge in [0.15, 0.2) is 0 Å². The molecule has 2 saturated heterocycles. The summed E-state index contributed by atoms with van der Waals surface area (Å²) < 4.78 is 41.5. The van der Waals surface area contributed by atoms with E-state index in [9.17, 15) is 23.2 Å². The quantitative estimate of drug-likeness (QED) is 0.424. The van der Waals surface area contributed by atoms with E-state index in [0.29, 0.717) is 24.7 Å². The molecule has 2 aromatic carbocycles. The SMILES string of the molecule is N#CCC1(N2NC(Nc3ccc(OC(F)(F)F)cc3)C3C(=O)NCCC32)CCC(Nc2ccccc2)CC1. The molecule has 0 radical (unpaired) electrons. The van der Waals surface area contributed by atoms with Gasteiger partial charge in [-0.2, -0.15) is 5.26 Å². The number of hydrogen-bond acceptors (Lipinski definition) is 7. The van der Waals surface area contributed by atoms with Crippen LogP contribution in [0.2, 0.25) is 0 Å². The van der Waals surface area contributed by atoms with Crippen LogP contribution in [0.15, 0.2) is 54.6 Å². The molecule has 1 amide bonds. The van der Waals surface area contributed by atoms with Gasteiger partial charge in [0.1, 0.15) is 11.9 Å². The maximum absolute atomic E-state index is 13.0. The van der Waals surface area contributed by atoms with E-state index in [1.807, 2.05) is 30.3 Å². The van der Waals surface area contributed by atoms with Crippen LogP contribution in [0, 0.1) is 17.2 Å². The standard InChI is InChI=1S/C27H31F3N6O2/c28-27(29,30)38-21-8-6-19(7-9-21)34-24-23-22(12-17-32-25(23)37)36(35-24)26(15-16-31)13-10-20(11-14-26)33-18-4-2-1-3-5-18/h1-9,20,22-24,33-35H,10-15,17H2,(H,32,37). The molecule has 4 N–H and O–H groups in total. The third kappa shape index (κ3) is 5.66. The van der Waals surface area contributed by atoms with Crippen LogP contribution >= 0.6 is 0 Å². The van der Waals surface area contributed by atoms with Crippen LogP contribution in [0.4, 0.5) is 24.5 Å². The number of alkyl halides is 3. The average molecular weight is 529 g/mol. The molecule has 202 valence electrons. The van der Waals surface area contributed by atoms with Crippen molar-refractivity contribution in [3.63, 3.8) is 0 Å². The molecular formula is C27H31F3N6O2. The van der Waals surface area contributed by atoms with E-state index in [1.165, 1.54) is 24.3 Å². The van der Waals surface area contributed by atoms with Gasteiger partial charge in [-0.15, -0.1) is 13.2 Å². The number of hydrazine groups is 1. The van der Waals surface area contributed by atoms with E-state index in [2.05, 4.69) is 37.2 Å². The molecule has 38 heavy (non-hydrogen) atoms. The minimum atomic E-state index is -4.76. The number of carbonyl (C=O) groups is 1. The van der Waals surface area contributed by atoms with Crippen molar-refractivity contribution in [3.8, 4) is 11.8 Å². The zero-order valence-electron chi connectivity index (χ0n) is 20.8. The van der Waals surface area contributed by atoms with Crippen molar-refractivity contribution in [1.29, 1.82) is 5.26 Å². The highest BCUT2D eigenvalue weighted by Gasteiger charge is 2.55. The van der Waals surface area contributed by atoms with Gasteiger partial charge in [-0.25, -0.2) is 10.4 Å². The van der Waals surface area contributed by atoms with Crippen molar-refractivity contribution in [2.24, 2.45) is 5.92 Å². The third-order valence-electron chi connectivity index (χ3n) is 7.82. The molecule has 3 fully saturated rings. The predicted octanol–water partition coefficient (Wildman–Crippen LogP) is 4.36. The van der Waals surface area contributed by atoms with Gasteiger partial charge >= 0.3 is 6.36 Å². The number of hydrogen-bond donors (Lipinski definition) is 4. The summed E-state index contributed by atoms with van der Waals surface area (Å²) in [6.45, 7) is 0.551. The smallest absolute Gasteiger partial charge is 0.406 e. The van der Waals surface area contributed by atoms with E-state index < -0.39 is 24.0 Å². The Balaban J connectivity index is 1.32. The number of anilines is 2. The number of fused-ring (bicyclic) bond motifs is 1. The number of rotatable bonds is 7. The molecule has 3 atom stereocenters. The van der Waals surface area contributed by atoms with E-state index in [0.717, 1.165) is 37.8 Å². The minimum absolute atomic E-state index is 0.0858. The Labute approximate surface area is 219 Å². The van der Waals surface area contributed by atoms with Crippen LogP contribution in [0.3, 0.4) is 0 Å². The van der Waals surface area contributed by atoms with Crippen LogP contribution < -0.4 is 26.1 Å². The van der Waals surface area contributed by atoms with Crippen LogP contribution in [0.1, 0.15) is 38.5 Å². The van der Waals surface area contributed by atoms with E-state index in [4.69, 9.17) is 0 Å². The van der Waals surface area contributed by atoms with Crippen molar-refractivity contribution >= 4 is 17.3 Å². The second kappa shape index (κ2) is 10.7. The topological polar surface area (TPSA) is 101 Å². The van der Waals surface area contributed by atoms with Gasteiger partial charge in [0.05, 0.1) is 18.4 Å². The highest BCUT2D eigenvalue weighted by Crippen LogP contribution is 2.43. The summed E-state index contributed by atoms with van der Waals surface area (Å²) in [6.07, 6.45) is -0.824. The fourth-order valence-corrected chi connectivity index (χ4v) is 6.07. The molecule has 11 heteroatoms. The Morgan fingerprint density at radius 2 is 1.71 bits per heavy atom. The first-order valence-electron chi connectivity index (χ1n) is 12.9. The summed E-state index contributed by atoms with van der Waals surface area (Å²) in [5.41, 5.74) is 4.71. The van der Waals surface area contributed by atoms with Crippen LogP contribution in [0.25, 0.3) is 0 Å². The molecule has 0 spiro atoms. The molecular weight excluding hydrogens is 497 g/mol. The van der Waals surface area contributed by atoms with Gasteiger partial charge < -0.3 is 20.7 Å². The lowest BCUT2D eigenvalue weighted by Gasteiger charge is -2.48. The molecule has 2 heterocycles. The fourth-order valence-electron chi connectivity index (χ4n) is 6.07. The zero-order valence-corrected chi connectivity index (χ0v) is 20.8. The van der Waals surface area contributed by atoms with Crippen molar-refractivity contribution in [1.82, 2.24) is 15.8 Å². The Kier molecular flexibility index (Phi) is 7.36. The number of halogens is 3. The van der Waals surface area contributed by atoms with Crippen molar-refractivity contribution in [2.75, 3.05) is 17.2 Å². The first kappa shape index (κ1) is 26.1. The highest BCUT2D eigenvalue weighted by atomic mass is 19.4. The summed E-state index contributed by atoms with van der Waals surface area (Å²) in [6, 6.07) is 18.1. The maximum Gasteiger partial charge on any atom is 0.573 e. The fraction of sp³-hybridized carbons (Fsp3) is 0.481. The number of carbonyl (C=O) groups excluding carboxylic acids is 1. The first-order valence-corrected chi connectivity index (χ1v) is 12.9. The number of nitriles is 1. The normalized spacial score (nSPS) is 29.6. The first-order chi connectivity index (χ1) is 18.3. The van der Waals surface area contributed by atoms with Gasteiger partial charge in [-0.3, -0.25) is 4.79 Å². The summed E-state index contributed by atoms with van der Waals surface area (Å²) in [7, 11) is 0. The third-order valence-corrected chi connectivity index (χ3v) is 7.82.